The molecule has 10 heteroatoms. The van der Waals surface area contributed by atoms with Gasteiger partial charge in [0.25, 0.3) is 5.91 Å². The Balaban J connectivity index is 1.25. The molecule has 44 heavy (non-hydrogen) atoms. The number of amides is 1. The largest absolute Gasteiger partial charge is 0.504 e. The summed E-state index contributed by atoms with van der Waals surface area (Å²) in [4.78, 5) is 39.4. The van der Waals surface area contributed by atoms with Gasteiger partial charge >= 0.3 is 11.9 Å². The topological polar surface area (TPSA) is 152 Å². The molecule has 6 rings (SSSR count). The number of esters is 2. The molecule has 0 radical (unpaired) electrons. The first-order valence-corrected chi connectivity index (χ1v) is 15.3. The van der Waals surface area contributed by atoms with Crippen LogP contribution in [0.3, 0.4) is 0 Å². The number of aliphatic hydroxyl groups excluding tert-OH is 1. The average molecular weight is 606 g/mol. The van der Waals surface area contributed by atoms with Crippen molar-refractivity contribution < 1.29 is 43.9 Å². The molecule has 234 valence electrons. The van der Waals surface area contributed by atoms with Crippen LogP contribution in [0.4, 0.5) is 0 Å². The van der Waals surface area contributed by atoms with E-state index in [9.17, 15) is 29.7 Å². The molecule has 1 fully saturated rings. The smallest absolute Gasteiger partial charge is 0.329 e. The van der Waals surface area contributed by atoms with Crippen LogP contribution in [0.5, 0.6) is 11.5 Å². The molecule has 1 heterocycles. The molecular formula is C34H39NO9. The van der Waals surface area contributed by atoms with Crippen LogP contribution < -0.4 is 10.1 Å². The van der Waals surface area contributed by atoms with E-state index in [2.05, 4.69) is 12.2 Å². The van der Waals surface area contributed by atoms with Gasteiger partial charge in [0.2, 0.25) is 0 Å². The van der Waals surface area contributed by atoms with Crippen LogP contribution >= 0.6 is 0 Å². The molecule has 1 unspecified atom stereocenters. The molecule has 10 nitrogen and oxygen atoms in total. The fourth-order valence-electron chi connectivity index (χ4n) is 7.73. The van der Waals surface area contributed by atoms with Crippen molar-refractivity contribution >= 4 is 17.8 Å². The second kappa shape index (κ2) is 11.2. The Morgan fingerprint density at radius 1 is 1.14 bits per heavy atom. The van der Waals surface area contributed by atoms with Crippen molar-refractivity contribution in [3.05, 3.63) is 71.0 Å². The molecule has 3 aliphatic carbocycles. The van der Waals surface area contributed by atoms with E-state index in [4.69, 9.17) is 14.2 Å². The van der Waals surface area contributed by atoms with Gasteiger partial charge in [0, 0.05) is 5.56 Å². The van der Waals surface area contributed by atoms with Crippen molar-refractivity contribution in [1.82, 2.24) is 5.32 Å². The lowest BCUT2D eigenvalue weighted by molar-refractivity contribution is -0.171. The molecule has 2 aromatic carbocycles. The molecule has 7 atom stereocenters. The maximum Gasteiger partial charge on any atom is 0.329 e. The highest BCUT2D eigenvalue weighted by Crippen LogP contribution is 2.68. The Labute approximate surface area is 256 Å². The van der Waals surface area contributed by atoms with Crippen molar-refractivity contribution in [2.45, 2.75) is 82.1 Å². The molecule has 1 aliphatic heterocycles. The predicted molar refractivity (Wildman–Crippen MR) is 157 cm³/mol. The summed E-state index contributed by atoms with van der Waals surface area (Å²) in [6.07, 6.45) is 1.01. The van der Waals surface area contributed by atoms with Gasteiger partial charge < -0.3 is 34.8 Å². The number of rotatable bonds is 9. The zero-order chi connectivity index (χ0) is 31.4. The first-order chi connectivity index (χ1) is 21.0. The summed E-state index contributed by atoms with van der Waals surface area (Å²) in [5, 5.41) is 36.1. The van der Waals surface area contributed by atoms with Crippen molar-refractivity contribution in [3.8, 4) is 11.5 Å². The minimum atomic E-state index is -1.56. The van der Waals surface area contributed by atoms with Crippen LogP contribution in [-0.2, 0) is 35.7 Å². The Kier molecular flexibility index (Phi) is 7.70. The van der Waals surface area contributed by atoms with Crippen molar-refractivity contribution in [1.29, 1.82) is 0 Å². The maximum atomic E-state index is 13.4. The van der Waals surface area contributed by atoms with E-state index in [-0.39, 0.29) is 42.3 Å². The molecular weight excluding hydrogens is 566 g/mol. The predicted octanol–water partition coefficient (Wildman–Crippen LogP) is 3.36. The van der Waals surface area contributed by atoms with Crippen LogP contribution in [0.15, 0.2) is 54.3 Å². The van der Waals surface area contributed by atoms with E-state index < -0.39 is 53.5 Å². The van der Waals surface area contributed by atoms with Gasteiger partial charge in [-0.2, -0.15) is 0 Å². The molecule has 0 saturated heterocycles. The Bertz CT molecular complexity index is 1500. The molecule has 2 aromatic rings. The number of phenolic OH excluding ortho intramolecular Hbond substituents is 1. The van der Waals surface area contributed by atoms with E-state index in [0.717, 1.165) is 17.5 Å². The fraction of sp³-hybridized carbons (Fsp3) is 0.500. The number of aliphatic hydroxyl groups is 2. The summed E-state index contributed by atoms with van der Waals surface area (Å²) in [7, 11) is 0. The van der Waals surface area contributed by atoms with Crippen LogP contribution in [0.2, 0.25) is 0 Å². The fourth-order valence-corrected chi connectivity index (χ4v) is 7.73. The Morgan fingerprint density at radius 2 is 1.89 bits per heavy atom. The quantitative estimate of drug-likeness (QED) is 0.315. The molecule has 2 bridgehead atoms. The van der Waals surface area contributed by atoms with E-state index in [1.165, 1.54) is 0 Å². The standard InChI is InChI=1S/C34H39NO9/c1-18(2)17-42-32(40)23(35-31(39)28(38)20-7-5-4-6-8-20)16-26(37)43-25-12-14-34(41)22-15-21-9-10-24(36)29-27(21)33(34,30(25)44-29)13-11-19(22)3/h4-10,12,18-19,22-23,28,30,36,38,41H,11,13-17H2,1-3H3,(H,35,39)/t19?,22-,23-,28-,30-,33-,34+/m0/s1. The van der Waals surface area contributed by atoms with E-state index >= 15 is 0 Å². The number of phenols is 1. The second-order valence-electron chi connectivity index (χ2n) is 13.1. The van der Waals surface area contributed by atoms with Crippen molar-refractivity contribution in [2.75, 3.05) is 6.61 Å². The number of nitrogens with one attached hydrogen (secondary N) is 1. The highest BCUT2D eigenvalue weighted by atomic mass is 16.6. The number of aromatic hydroxyl groups is 1. The van der Waals surface area contributed by atoms with E-state index in [1.54, 1.807) is 42.5 Å². The normalized spacial score (nSPS) is 29.0. The van der Waals surface area contributed by atoms with Gasteiger partial charge in [-0.25, -0.2) is 4.79 Å². The summed E-state index contributed by atoms with van der Waals surface area (Å²) in [5.74, 6) is -1.80. The second-order valence-corrected chi connectivity index (χ2v) is 13.1. The SMILES string of the molecule is CC(C)COC(=O)[C@H](CC(=O)OC1=CC[C@@]2(O)[C@H]3Cc4ccc(O)c5c4[C@@]2(CCC3C)[C@H]1O5)NC(=O)[C@@H](O)c1ccccc1. The summed E-state index contributed by atoms with van der Waals surface area (Å²) in [6.45, 7) is 5.94. The third-order valence-corrected chi connectivity index (χ3v) is 9.86. The molecule has 4 aliphatic rings. The van der Waals surface area contributed by atoms with Crippen LogP contribution in [0, 0.1) is 17.8 Å². The molecule has 1 saturated carbocycles. The molecule has 1 spiro atoms. The summed E-state index contributed by atoms with van der Waals surface area (Å²) in [6, 6.07) is 10.3. The Hall–Kier alpha value is -3.89. The zero-order valence-electron chi connectivity index (χ0n) is 25.1. The summed E-state index contributed by atoms with van der Waals surface area (Å²) in [5.41, 5.74) is 0.0740. The summed E-state index contributed by atoms with van der Waals surface area (Å²) < 4.78 is 17.5. The maximum absolute atomic E-state index is 13.4. The zero-order valence-corrected chi connectivity index (χ0v) is 25.1. The highest BCUT2D eigenvalue weighted by Gasteiger charge is 2.72. The summed E-state index contributed by atoms with van der Waals surface area (Å²) >= 11 is 0. The van der Waals surface area contributed by atoms with Crippen LogP contribution in [0.1, 0.15) is 69.2 Å². The van der Waals surface area contributed by atoms with Gasteiger partial charge in [-0.3, -0.25) is 9.59 Å². The molecule has 0 aromatic heterocycles. The van der Waals surface area contributed by atoms with E-state index in [1.807, 2.05) is 19.9 Å². The van der Waals surface area contributed by atoms with Gasteiger partial charge in [0.1, 0.15) is 11.8 Å². The minimum Gasteiger partial charge on any atom is -0.504 e. The van der Waals surface area contributed by atoms with E-state index in [0.29, 0.717) is 24.2 Å². The molecule has 4 N–H and O–H groups in total. The lowest BCUT2D eigenvalue weighted by Gasteiger charge is -2.61. The van der Waals surface area contributed by atoms with Gasteiger partial charge in [-0.05, 0) is 66.7 Å². The van der Waals surface area contributed by atoms with Gasteiger partial charge in [-0.15, -0.1) is 0 Å². The first kappa shape index (κ1) is 30.1. The van der Waals surface area contributed by atoms with Crippen molar-refractivity contribution in [3.63, 3.8) is 0 Å². The third kappa shape index (κ3) is 4.75. The first-order valence-electron chi connectivity index (χ1n) is 15.3. The third-order valence-electron chi connectivity index (χ3n) is 9.86. The number of ether oxygens (including phenoxy) is 3. The monoisotopic (exact) mass is 605 g/mol. The van der Waals surface area contributed by atoms with Crippen molar-refractivity contribution in [2.24, 2.45) is 17.8 Å². The molecule has 1 amide bonds. The van der Waals surface area contributed by atoms with Crippen LogP contribution in [0.25, 0.3) is 0 Å². The number of carbonyl (C=O) groups excluding carboxylic acids is 3. The van der Waals surface area contributed by atoms with Crippen LogP contribution in [-0.4, -0.2) is 57.5 Å². The highest BCUT2D eigenvalue weighted by molar-refractivity contribution is 5.90. The van der Waals surface area contributed by atoms with Gasteiger partial charge in [-0.1, -0.05) is 57.2 Å². The lowest BCUT2D eigenvalue weighted by atomic mass is 9.45. The number of carbonyl (C=O) groups is 3. The van der Waals surface area contributed by atoms with Gasteiger partial charge in [0.15, 0.2) is 23.7 Å². The number of hydrogen-bond acceptors (Lipinski definition) is 9. The minimum absolute atomic E-state index is 0.0162. The average Bonchev–Trinajstić information content (AvgIpc) is 3.36. The number of benzene rings is 2. The Morgan fingerprint density at radius 3 is 2.61 bits per heavy atom. The lowest BCUT2D eigenvalue weighted by Crippen LogP contribution is -2.69. The van der Waals surface area contributed by atoms with Gasteiger partial charge in [0.05, 0.1) is 24.0 Å². The number of hydrogen-bond donors (Lipinski definition) is 4.